The number of benzene rings is 5. The van der Waals surface area contributed by atoms with Crippen LogP contribution in [-0.4, -0.2) is 39.1 Å². The molecule has 0 bridgehead atoms. The van der Waals surface area contributed by atoms with Crippen molar-refractivity contribution in [3.05, 3.63) is 126 Å². The molecule has 6 aromatic rings. The number of methoxy groups -OCH3 is 1. The molecule has 51 heavy (non-hydrogen) atoms. The number of carboxylic acids is 1. The molecule has 0 spiro atoms. The van der Waals surface area contributed by atoms with Gasteiger partial charge < -0.3 is 24.4 Å². The third kappa shape index (κ3) is 5.93. The molecule has 5 aromatic carbocycles. The number of anilines is 4. The molecule has 0 aliphatic rings. The third-order valence-electron chi connectivity index (χ3n) is 8.60. The molecule has 0 aliphatic carbocycles. The van der Waals surface area contributed by atoms with Gasteiger partial charge in [-0.25, -0.2) is 22.4 Å². The van der Waals surface area contributed by atoms with E-state index in [0.29, 0.717) is 11.4 Å². The molecule has 6 rings (SSSR count). The average molecular weight is 690 g/mol. The second kappa shape index (κ2) is 13.8. The lowest BCUT2D eigenvalue weighted by Crippen LogP contribution is -2.31. The quantitative estimate of drug-likeness (QED) is 0.0650. The van der Waals surface area contributed by atoms with Gasteiger partial charge in [-0.2, -0.15) is 10.5 Å². The van der Waals surface area contributed by atoms with E-state index in [9.17, 15) is 20.4 Å². The summed E-state index contributed by atoms with van der Waals surface area (Å²) in [6.45, 7) is -0.775. The summed E-state index contributed by atoms with van der Waals surface area (Å²) in [6, 6.07) is 31.3. The fourth-order valence-corrected chi connectivity index (χ4v) is 5.98. The van der Waals surface area contributed by atoms with E-state index in [1.54, 1.807) is 36.4 Å². The van der Waals surface area contributed by atoms with Crippen LogP contribution < -0.4 is 9.80 Å². The lowest BCUT2D eigenvalue weighted by Gasteiger charge is -2.23. The first kappa shape index (κ1) is 34.4. The van der Waals surface area contributed by atoms with Crippen molar-refractivity contribution in [1.29, 1.82) is 10.5 Å². The Kier molecular flexibility index (Phi) is 9.31. The summed E-state index contributed by atoms with van der Waals surface area (Å²) in [6.07, 6.45) is 0. The van der Waals surface area contributed by atoms with E-state index in [0.717, 1.165) is 18.5 Å². The van der Waals surface area contributed by atoms with Crippen molar-refractivity contribution in [2.75, 3.05) is 37.8 Å². The Hall–Kier alpha value is -6.47. The SMILES string of the molecule is COCOC(C#N)(C#N)c1c(F)c(F)c(C(=O)O)c(-c2c3ccc(N(C)c4ccccc4)cc3[o+]c3cc(N(C)c4ccccc4)ccc23)c1F. The summed E-state index contributed by atoms with van der Waals surface area (Å²) in [5.74, 6) is -7.74. The maximum atomic E-state index is 17.1. The number of fused-ring (bicyclic) bond motifs is 2. The van der Waals surface area contributed by atoms with Crippen LogP contribution in [0.15, 0.2) is 101 Å². The monoisotopic (exact) mass is 689 g/mol. The van der Waals surface area contributed by atoms with Crippen molar-refractivity contribution in [3.8, 4) is 23.3 Å². The molecule has 0 amide bonds. The molecule has 0 aliphatic heterocycles. The van der Waals surface area contributed by atoms with Crippen molar-refractivity contribution in [2.24, 2.45) is 0 Å². The zero-order chi connectivity index (χ0) is 36.4. The molecular weight excluding hydrogens is 661 g/mol. The molecule has 1 aromatic heterocycles. The lowest BCUT2D eigenvalue weighted by molar-refractivity contribution is -0.0860. The van der Waals surface area contributed by atoms with Crippen LogP contribution in [0.4, 0.5) is 35.9 Å². The Morgan fingerprint density at radius 3 is 1.67 bits per heavy atom. The predicted octanol–water partition coefficient (Wildman–Crippen LogP) is 9.05. The van der Waals surface area contributed by atoms with Crippen molar-refractivity contribution < 1.29 is 37.0 Å². The molecule has 0 fully saturated rings. The van der Waals surface area contributed by atoms with Crippen LogP contribution in [0.5, 0.6) is 0 Å². The van der Waals surface area contributed by atoms with Gasteiger partial charge in [-0.05, 0) is 48.5 Å². The number of hydrogen-bond donors (Lipinski definition) is 1. The van der Waals surface area contributed by atoms with Gasteiger partial charge in [0.2, 0.25) is 0 Å². The zero-order valence-electron chi connectivity index (χ0n) is 27.4. The number of carbonyl (C=O) groups is 1. The van der Waals surface area contributed by atoms with Crippen molar-refractivity contribution >= 4 is 50.7 Å². The Labute approximate surface area is 290 Å². The average Bonchev–Trinajstić information content (AvgIpc) is 3.16. The summed E-state index contributed by atoms with van der Waals surface area (Å²) in [5.41, 5.74) is -3.73. The van der Waals surface area contributed by atoms with Crippen molar-refractivity contribution in [1.82, 2.24) is 0 Å². The first-order valence-corrected chi connectivity index (χ1v) is 15.4. The number of halogens is 3. The number of rotatable bonds is 10. The molecule has 9 nitrogen and oxygen atoms in total. The highest BCUT2D eigenvalue weighted by Gasteiger charge is 2.45. The summed E-state index contributed by atoms with van der Waals surface area (Å²) in [4.78, 5) is 16.4. The summed E-state index contributed by atoms with van der Waals surface area (Å²) in [5, 5.41) is 30.5. The lowest BCUT2D eigenvalue weighted by atomic mass is 9.86. The molecule has 1 N–H and O–H groups in total. The number of nitriles is 2. The van der Waals surface area contributed by atoms with Crippen LogP contribution in [0.3, 0.4) is 0 Å². The topological polar surface area (TPSA) is 121 Å². The predicted molar refractivity (Wildman–Crippen MR) is 185 cm³/mol. The van der Waals surface area contributed by atoms with E-state index in [1.807, 2.05) is 84.6 Å². The maximum absolute atomic E-state index is 17.1. The van der Waals surface area contributed by atoms with Gasteiger partial charge in [0, 0.05) is 43.7 Å². The molecule has 0 atom stereocenters. The van der Waals surface area contributed by atoms with Gasteiger partial charge in [0.15, 0.2) is 11.6 Å². The molecule has 254 valence electrons. The fraction of sp³-hybridized carbons (Fsp3) is 0.128. The minimum absolute atomic E-state index is 0.132. The number of nitrogens with zero attached hydrogens (tertiary/aromatic N) is 4. The number of aromatic carboxylic acids is 1. The van der Waals surface area contributed by atoms with Gasteiger partial charge in [0.1, 0.15) is 30.3 Å². The number of hydrogen-bond acceptors (Lipinski definition) is 7. The molecule has 12 heteroatoms. The van der Waals surface area contributed by atoms with Gasteiger partial charge in [0.25, 0.3) is 5.60 Å². The molecular formula is C39H28F3N4O5+. The zero-order valence-corrected chi connectivity index (χ0v) is 27.4. The summed E-state index contributed by atoms with van der Waals surface area (Å²) >= 11 is 0. The van der Waals surface area contributed by atoms with Gasteiger partial charge in [-0.15, -0.1) is 0 Å². The smallest absolute Gasteiger partial charge is 0.363 e. The highest BCUT2D eigenvalue weighted by molar-refractivity contribution is 6.13. The van der Waals surface area contributed by atoms with Crippen molar-refractivity contribution in [3.63, 3.8) is 0 Å². The molecule has 0 unspecified atom stereocenters. The van der Waals surface area contributed by atoms with Crippen LogP contribution >= 0.6 is 0 Å². The first-order valence-electron chi connectivity index (χ1n) is 15.4. The summed E-state index contributed by atoms with van der Waals surface area (Å²) in [7, 11) is 4.78. The van der Waals surface area contributed by atoms with Crippen LogP contribution in [-0.2, 0) is 15.1 Å². The van der Waals surface area contributed by atoms with E-state index in [4.69, 9.17) is 13.9 Å². The van der Waals surface area contributed by atoms with Gasteiger partial charge in [-0.1, -0.05) is 36.4 Å². The Morgan fingerprint density at radius 1 is 0.745 bits per heavy atom. The van der Waals surface area contributed by atoms with E-state index in [-0.39, 0.29) is 27.5 Å². The van der Waals surface area contributed by atoms with E-state index in [2.05, 4.69) is 0 Å². The first-order chi connectivity index (χ1) is 24.6. The van der Waals surface area contributed by atoms with Gasteiger partial charge in [0.05, 0.1) is 39.8 Å². The third-order valence-corrected chi connectivity index (χ3v) is 8.60. The highest BCUT2D eigenvalue weighted by Crippen LogP contribution is 2.46. The second-order valence-electron chi connectivity index (χ2n) is 11.5. The van der Waals surface area contributed by atoms with Crippen molar-refractivity contribution in [2.45, 2.75) is 5.60 Å². The summed E-state index contributed by atoms with van der Waals surface area (Å²) < 4.78 is 65.2. The molecule has 0 radical (unpaired) electrons. The van der Waals surface area contributed by atoms with E-state index < -0.39 is 52.5 Å². The van der Waals surface area contributed by atoms with Crippen LogP contribution in [0.25, 0.3) is 33.1 Å². The fourth-order valence-electron chi connectivity index (χ4n) is 5.98. The Bertz CT molecular complexity index is 2280. The second-order valence-corrected chi connectivity index (χ2v) is 11.5. The Balaban J connectivity index is 1.73. The van der Waals surface area contributed by atoms with Crippen LogP contribution in [0.1, 0.15) is 15.9 Å². The number of carboxylic acid groups (broad SMARTS) is 1. The standard InChI is InChI=1S/C39H27F3N4O5/c1-45(23-10-6-4-7-11-23)25-14-16-27-29(18-25)51-30-19-26(46(2)24-12-8-5-9-13-24)15-17-28(30)31(27)32-33(38(47)48)36(41)37(42)34(35(32)40)39(20-43,21-44)50-22-49-3/h4-19H,22H2,1-3H3/p+1. The Morgan fingerprint density at radius 2 is 1.24 bits per heavy atom. The normalized spacial score (nSPS) is 11.3. The minimum atomic E-state index is -3.06. The van der Waals surface area contributed by atoms with Crippen LogP contribution in [0, 0.1) is 40.1 Å². The van der Waals surface area contributed by atoms with Crippen LogP contribution in [0.2, 0.25) is 0 Å². The minimum Gasteiger partial charge on any atom is -0.478 e. The molecule has 1 heterocycles. The highest BCUT2D eigenvalue weighted by atomic mass is 19.2. The molecule has 0 saturated carbocycles. The number of para-hydroxylation sites is 2. The van der Waals surface area contributed by atoms with E-state index in [1.165, 1.54) is 12.1 Å². The molecule has 0 saturated heterocycles. The number of ether oxygens (including phenoxy) is 2. The van der Waals surface area contributed by atoms with Gasteiger partial charge in [-0.3, -0.25) is 0 Å². The largest absolute Gasteiger partial charge is 0.478 e. The van der Waals surface area contributed by atoms with Gasteiger partial charge >= 0.3 is 17.1 Å². The van der Waals surface area contributed by atoms with E-state index >= 15 is 13.2 Å². The maximum Gasteiger partial charge on any atom is 0.363 e.